The summed E-state index contributed by atoms with van der Waals surface area (Å²) in [5, 5.41) is 3.28. The largest absolute Gasteiger partial charge is 0.294 e. The predicted molar refractivity (Wildman–Crippen MR) is 58.5 cm³/mol. The molecule has 0 saturated carbocycles. The summed E-state index contributed by atoms with van der Waals surface area (Å²) in [5.41, 5.74) is 1.71. The van der Waals surface area contributed by atoms with Crippen molar-refractivity contribution in [2.75, 3.05) is 10.6 Å². The van der Waals surface area contributed by atoms with E-state index in [-0.39, 0.29) is 5.91 Å². The number of hydrogen-bond acceptors (Lipinski definition) is 3. The Morgan fingerprint density at radius 2 is 2.00 bits per heavy atom. The third-order valence-electron chi connectivity index (χ3n) is 1.56. The van der Waals surface area contributed by atoms with Gasteiger partial charge in [-0.3, -0.25) is 10.1 Å². The Bertz CT molecular complexity index is 321. The van der Waals surface area contributed by atoms with E-state index in [0.717, 1.165) is 11.4 Å². The Balaban J connectivity index is 2.71. The van der Waals surface area contributed by atoms with Gasteiger partial charge in [-0.05, 0) is 19.9 Å². The van der Waals surface area contributed by atoms with E-state index in [2.05, 4.69) is 31.2 Å². The average Bonchev–Trinajstić information content (AvgIpc) is 2.01. The van der Waals surface area contributed by atoms with Crippen molar-refractivity contribution in [3.63, 3.8) is 0 Å². The average molecular weight is 258 g/mol. The molecular weight excluding hydrogens is 246 g/mol. The number of halogens is 1. The van der Waals surface area contributed by atoms with E-state index >= 15 is 0 Å². The van der Waals surface area contributed by atoms with Crippen molar-refractivity contribution in [3.05, 3.63) is 17.5 Å². The van der Waals surface area contributed by atoms with Crippen molar-refractivity contribution in [2.45, 2.75) is 20.3 Å². The molecule has 14 heavy (non-hydrogen) atoms. The number of carbonyl (C=O) groups is 1. The lowest BCUT2D eigenvalue weighted by molar-refractivity contribution is -0.115. The van der Waals surface area contributed by atoms with Crippen LogP contribution >= 0.6 is 15.9 Å². The Morgan fingerprint density at radius 3 is 2.50 bits per heavy atom. The van der Waals surface area contributed by atoms with E-state index < -0.39 is 0 Å². The zero-order valence-electron chi connectivity index (χ0n) is 8.17. The van der Waals surface area contributed by atoms with Crippen LogP contribution in [0.4, 0.5) is 5.95 Å². The summed E-state index contributed by atoms with van der Waals surface area (Å²) in [7, 11) is 0. The second kappa shape index (κ2) is 5.05. The Kier molecular flexibility index (Phi) is 4.00. The van der Waals surface area contributed by atoms with Crippen molar-refractivity contribution in [3.8, 4) is 0 Å². The number of anilines is 1. The van der Waals surface area contributed by atoms with Gasteiger partial charge in [-0.1, -0.05) is 15.9 Å². The van der Waals surface area contributed by atoms with Crippen LogP contribution in [-0.4, -0.2) is 21.2 Å². The van der Waals surface area contributed by atoms with Gasteiger partial charge in [-0.15, -0.1) is 0 Å². The van der Waals surface area contributed by atoms with Gasteiger partial charge in [0.25, 0.3) is 0 Å². The first-order valence-corrected chi connectivity index (χ1v) is 5.42. The van der Waals surface area contributed by atoms with Crippen LogP contribution in [-0.2, 0) is 4.79 Å². The minimum absolute atomic E-state index is 0.0770. The summed E-state index contributed by atoms with van der Waals surface area (Å²) in [6, 6.07) is 1.86. The van der Waals surface area contributed by atoms with E-state index in [4.69, 9.17) is 0 Å². The van der Waals surface area contributed by atoms with Crippen LogP contribution in [0.3, 0.4) is 0 Å². The van der Waals surface area contributed by atoms with Crippen LogP contribution in [0.15, 0.2) is 6.07 Å². The van der Waals surface area contributed by atoms with E-state index in [1.807, 2.05) is 19.9 Å². The standard InChI is InChI=1S/C9H12BrN3O/c1-6-5-7(2)12-9(11-6)13-8(14)3-4-10/h5H,3-4H2,1-2H3,(H,11,12,13,14). The first kappa shape index (κ1) is 11.1. The second-order valence-corrected chi connectivity index (χ2v) is 3.75. The molecule has 1 rings (SSSR count). The van der Waals surface area contributed by atoms with Gasteiger partial charge in [0.1, 0.15) is 0 Å². The van der Waals surface area contributed by atoms with Crippen LogP contribution < -0.4 is 5.32 Å². The maximum atomic E-state index is 11.2. The summed E-state index contributed by atoms with van der Waals surface area (Å²) >= 11 is 3.19. The number of alkyl halides is 1. The van der Waals surface area contributed by atoms with Crippen LogP contribution in [0.5, 0.6) is 0 Å². The lowest BCUT2D eigenvalue weighted by atomic mass is 10.3. The number of rotatable bonds is 3. The van der Waals surface area contributed by atoms with E-state index in [9.17, 15) is 4.79 Å². The monoisotopic (exact) mass is 257 g/mol. The topological polar surface area (TPSA) is 54.9 Å². The van der Waals surface area contributed by atoms with E-state index in [0.29, 0.717) is 17.7 Å². The smallest absolute Gasteiger partial charge is 0.229 e. The highest BCUT2D eigenvalue weighted by atomic mass is 79.9. The molecule has 0 aliphatic carbocycles. The molecular formula is C9H12BrN3O. The molecule has 0 fully saturated rings. The highest BCUT2D eigenvalue weighted by Gasteiger charge is 2.04. The van der Waals surface area contributed by atoms with Crippen molar-refractivity contribution >= 4 is 27.8 Å². The molecule has 0 radical (unpaired) electrons. The van der Waals surface area contributed by atoms with Crippen LogP contribution in [0.25, 0.3) is 0 Å². The molecule has 4 nitrogen and oxygen atoms in total. The molecule has 1 N–H and O–H groups in total. The summed E-state index contributed by atoms with van der Waals surface area (Å²) < 4.78 is 0. The number of aromatic nitrogens is 2. The fourth-order valence-corrected chi connectivity index (χ4v) is 1.41. The molecule has 5 heteroatoms. The highest BCUT2D eigenvalue weighted by molar-refractivity contribution is 9.09. The maximum absolute atomic E-state index is 11.2. The normalized spacial score (nSPS) is 9.93. The van der Waals surface area contributed by atoms with Crippen molar-refractivity contribution < 1.29 is 4.79 Å². The lowest BCUT2D eigenvalue weighted by Crippen LogP contribution is -2.14. The molecule has 76 valence electrons. The summed E-state index contributed by atoms with van der Waals surface area (Å²) in [4.78, 5) is 19.4. The number of amides is 1. The van der Waals surface area contributed by atoms with Gasteiger partial charge in [0, 0.05) is 23.1 Å². The number of hydrogen-bond donors (Lipinski definition) is 1. The minimum Gasteiger partial charge on any atom is -0.294 e. The third-order valence-corrected chi connectivity index (χ3v) is 1.95. The Hall–Kier alpha value is -0.970. The molecule has 1 amide bonds. The third kappa shape index (κ3) is 3.41. The maximum Gasteiger partial charge on any atom is 0.229 e. The first-order chi connectivity index (χ1) is 6.61. The quantitative estimate of drug-likeness (QED) is 0.841. The number of carbonyl (C=O) groups excluding carboxylic acids is 1. The van der Waals surface area contributed by atoms with Crippen LogP contribution in [0.2, 0.25) is 0 Å². The predicted octanol–water partition coefficient (Wildman–Crippen LogP) is 1.82. The lowest BCUT2D eigenvalue weighted by Gasteiger charge is -2.03. The van der Waals surface area contributed by atoms with Gasteiger partial charge in [-0.25, -0.2) is 9.97 Å². The van der Waals surface area contributed by atoms with Gasteiger partial charge < -0.3 is 0 Å². The zero-order chi connectivity index (χ0) is 10.6. The SMILES string of the molecule is Cc1cc(C)nc(NC(=O)CCBr)n1. The zero-order valence-corrected chi connectivity index (χ0v) is 9.76. The molecule has 0 aliphatic rings. The molecule has 0 spiro atoms. The van der Waals surface area contributed by atoms with Crippen LogP contribution in [0, 0.1) is 13.8 Å². The summed E-state index contributed by atoms with van der Waals surface area (Å²) in [6.07, 6.45) is 0.427. The van der Waals surface area contributed by atoms with Gasteiger partial charge in [0.05, 0.1) is 0 Å². The molecule has 0 unspecified atom stereocenters. The fourth-order valence-electron chi connectivity index (χ4n) is 1.05. The molecule has 0 saturated heterocycles. The van der Waals surface area contributed by atoms with Crippen LogP contribution in [0.1, 0.15) is 17.8 Å². The molecule has 0 atom stereocenters. The molecule has 1 aromatic rings. The minimum atomic E-state index is -0.0770. The molecule has 0 aromatic carbocycles. The van der Waals surface area contributed by atoms with Crippen molar-refractivity contribution in [2.24, 2.45) is 0 Å². The van der Waals surface area contributed by atoms with Gasteiger partial charge in [0.2, 0.25) is 11.9 Å². The summed E-state index contributed by atoms with van der Waals surface area (Å²) in [6.45, 7) is 3.74. The van der Waals surface area contributed by atoms with E-state index in [1.165, 1.54) is 0 Å². The van der Waals surface area contributed by atoms with Crippen molar-refractivity contribution in [1.29, 1.82) is 0 Å². The molecule has 1 heterocycles. The number of nitrogens with zero attached hydrogens (tertiary/aromatic N) is 2. The second-order valence-electron chi connectivity index (χ2n) is 2.96. The van der Waals surface area contributed by atoms with Gasteiger partial charge in [-0.2, -0.15) is 0 Å². The van der Waals surface area contributed by atoms with Crippen molar-refractivity contribution in [1.82, 2.24) is 9.97 Å². The molecule has 1 aromatic heterocycles. The first-order valence-electron chi connectivity index (χ1n) is 4.30. The Labute approximate surface area is 91.3 Å². The Morgan fingerprint density at radius 1 is 1.43 bits per heavy atom. The van der Waals surface area contributed by atoms with Gasteiger partial charge >= 0.3 is 0 Å². The number of aryl methyl sites for hydroxylation is 2. The number of nitrogens with one attached hydrogen (secondary N) is 1. The van der Waals surface area contributed by atoms with Gasteiger partial charge in [0.15, 0.2) is 0 Å². The molecule has 0 aliphatic heterocycles. The van der Waals surface area contributed by atoms with E-state index in [1.54, 1.807) is 0 Å². The fraction of sp³-hybridized carbons (Fsp3) is 0.444. The highest BCUT2D eigenvalue weighted by Crippen LogP contribution is 2.04. The summed E-state index contributed by atoms with van der Waals surface area (Å²) in [5.74, 6) is 0.306. The molecule has 0 bridgehead atoms.